The highest BCUT2D eigenvalue weighted by Crippen LogP contribution is 2.24. The number of halogens is 1. The Balaban J connectivity index is 2.02. The van der Waals surface area contributed by atoms with Crippen molar-refractivity contribution >= 4 is 34.8 Å². The molecule has 0 unspecified atom stereocenters. The second-order valence-corrected chi connectivity index (χ2v) is 6.51. The van der Waals surface area contributed by atoms with Crippen molar-refractivity contribution in [2.75, 3.05) is 0 Å². The molecular weight excluding hydrogens is 322 g/mol. The molecule has 0 radical (unpaired) electrons. The van der Waals surface area contributed by atoms with Gasteiger partial charge in [-0.25, -0.2) is 4.98 Å². The third-order valence-corrected chi connectivity index (χ3v) is 4.58. The van der Waals surface area contributed by atoms with Crippen molar-refractivity contribution in [1.29, 1.82) is 0 Å². The number of rotatable bonds is 3. The van der Waals surface area contributed by atoms with Crippen LogP contribution >= 0.6 is 22.9 Å². The van der Waals surface area contributed by atoms with Crippen LogP contribution in [-0.2, 0) is 0 Å². The normalized spacial score (nSPS) is 10.6. The van der Waals surface area contributed by atoms with Gasteiger partial charge in [0, 0.05) is 16.5 Å². The Hall–Kier alpha value is -1.92. The Morgan fingerprint density at radius 1 is 1.23 bits per heavy atom. The second kappa shape index (κ2) is 6.89. The summed E-state index contributed by atoms with van der Waals surface area (Å²) in [6.45, 7) is 5.80. The predicted molar refractivity (Wildman–Crippen MR) is 87.3 cm³/mol. The smallest absolute Gasteiger partial charge is 0.267 e. The van der Waals surface area contributed by atoms with Gasteiger partial charge in [-0.15, -0.1) is 11.3 Å². The van der Waals surface area contributed by atoms with Gasteiger partial charge in [-0.3, -0.25) is 20.4 Å². The van der Waals surface area contributed by atoms with E-state index in [0.29, 0.717) is 21.2 Å². The summed E-state index contributed by atoms with van der Waals surface area (Å²) in [5, 5.41) is 1.35. The maximum Gasteiger partial charge on any atom is 0.281 e. The molecule has 22 heavy (non-hydrogen) atoms. The number of aryl methyl sites for hydroxylation is 1. The van der Waals surface area contributed by atoms with E-state index in [1.807, 2.05) is 13.8 Å². The molecule has 2 aromatic rings. The van der Waals surface area contributed by atoms with Crippen molar-refractivity contribution in [3.8, 4) is 0 Å². The Kier molecular flexibility index (Phi) is 5.15. The molecule has 0 fully saturated rings. The summed E-state index contributed by atoms with van der Waals surface area (Å²) in [7, 11) is 0. The van der Waals surface area contributed by atoms with Crippen LogP contribution in [0, 0.1) is 6.92 Å². The number of hydrogen-bond donors (Lipinski definition) is 2. The molecule has 0 atom stereocenters. The minimum absolute atomic E-state index is 0.256. The third kappa shape index (κ3) is 3.84. The van der Waals surface area contributed by atoms with Crippen LogP contribution in [0.4, 0.5) is 0 Å². The van der Waals surface area contributed by atoms with Gasteiger partial charge in [-0.1, -0.05) is 31.5 Å². The summed E-state index contributed by atoms with van der Waals surface area (Å²) < 4.78 is 0. The molecule has 0 aliphatic carbocycles. The minimum atomic E-state index is -0.429. The molecule has 0 bridgehead atoms. The SMILES string of the molecule is Cc1nc(C(C)C)sc1C(=O)NNC(=O)c1cccc(Cl)c1. The Bertz CT molecular complexity index is 713. The van der Waals surface area contributed by atoms with E-state index < -0.39 is 5.91 Å². The predicted octanol–water partition coefficient (Wildman–Crippen LogP) is 3.30. The van der Waals surface area contributed by atoms with Crippen LogP contribution in [0.15, 0.2) is 24.3 Å². The first-order valence-corrected chi connectivity index (χ1v) is 7.91. The highest BCUT2D eigenvalue weighted by Gasteiger charge is 2.17. The summed E-state index contributed by atoms with van der Waals surface area (Å²) in [4.78, 5) is 28.9. The van der Waals surface area contributed by atoms with Crippen LogP contribution < -0.4 is 10.9 Å². The van der Waals surface area contributed by atoms with Crippen LogP contribution in [0.2, 0.25) is 5.02 Å². The summed E-state index contributed by atoms with van der Waals surface area (Å²) in [6.07, 6.45) is 0. The molecule has 2 N–H and O–H groups in total. The molecule has 1 aromatic heterocycles. The largest absolute Gasteiger partial charge is 0.281 e. The van der Waals surface area contributed by atoms with Crippen molar-refractivity contribution in [2.45, 2.75) is 26.7 Å². The van der Waals surface area contributed by atoms with Gasteiger partial charge in [-0.05, 0) is 25.1 Å². The lowest BCUT2D eigenvalue weighted by Crippen LogP contribution is -2.41. The van der Waals surface area contributed by atoms with Gasteiger partial charge < -0.3 is 0 Å². The average Bonchev–Trinajstić information content (AvgIpc) is 2.86. The standard InChI is InChI=1S/C15H16ClN3O2S/c1-8(2)15-17-9(3)12(22-15)14(21)19-18-13(20)10-5-4-6-11(16)7-10/h4-8H,1-3H3,(H,18,20)(H,19,21). The fourth-order valence-electron chi connectivity index (χ4n) is 1.75. The minimum Gasteiger partial charge on any atom is -0.267 e. The Morgan fingerprint density at radius 2 is 1.91 bits per heavy atom. The second-order valence-electron chi connectivity index (χ2n) is 5.04. The van der Waals surface area contributed by atoms with E-state index >= 15 is 0 Å². The van der Waals surface area contributed by atoms with E-state index in [2.05, 4.69) is 15.8 Å². The lowest BCUT2D eigenvalue weighted by molar-refractivity contribution is 0.0848. The highest BCUT2D eigenvalue weighted by atomic mass is 35.5. The third-order valence-electron chi connectivity index (χ3n) is 2.89. The number of nitrogens with zero attached hydrogens (tertiary/aromatic N) is 1. The van der Waals surface area contributed by atoms with Gasteiger partial charge in [-0.2, -0.15) is 0 Å². The molecule has 2 amide bonds. The molecule has 7 heteroatoms. The zero-order chi connectivity index (χ0) is 16.3. The van der Waals surface area contributed by atoms with Gasteiger partial charge in [0.2, 0.25) is 0 Å². The fraction of sp³-hybridized carbons (Fsp3) is 0.267. The molecule has 0 aliphatic heterocycles. The summed E-state index contributed by atoms with van der Waals surface area (Å²) in [5.41, 5.74) is 5.80. The molecule has 1 aromatic carbocycles. The first kappa shape index (κ1) is 16.5. The number of nitrogens with one attached hydrogen (secondary N) is 2. The molecule has 2 rings (SSSR count). The monoisotopic (exact) mass is 337 g/mol. The van der Waals surface area contributed by atoms with Gasteiger partial charge in [0.1, 0.15) is 4.88 Å². The van der Waals surface area contributed by atoms with Crippen molar-refractivity contribution in [3.63, 3.8) is 0 Å². The first-order valence-electron chi connectivity index (χ1n) is 6.72. The summed E-state index contributed by atoms with van der Waals surface area (Å²) in [6, 6.07) is 6.48. The zero-order valence-electron chi connectivity index (χ0n) is 12.4. The van der Waals surface area contributed by atoms with Gasteiger partial charge in [0.15, 0.2) is 0 Å². The van der Waals surface area contributed by atoms with Gasteiger partial charge >= 0.3 is 0 Å². The van der Waals surface area contributed by atoms with Crippen molar-refractivity contribution in [1.82, 2.24) is 15.8 Å². The molecule has 0 spiro atoms. The van der Waals surface area contributed by atoms with E-state index in [0.717, 1.165) is 5.01 Å². The number of hydrazine groups is 1. The zero-order valence-corrected chi connectivity index (χ0v) is 14.0. The van der Waals surface area contributed by atoms with Crippen molar-refractivity contribution in [3.05, 3.63) is 50.4 Å². The van der Waals surface area contributed by atoms with Gasteiger partial charge in [0.25, 0.3) is 11.8 Å². The lowest BCUT2D eigenvalue weighted by Gasteiger charge is -2.06. The number of carbonyl (C=O) groups is 2. The van der Waals surface area contributed by atoms with Crippen molar-refractivity contribution < 1.29 is 9.59 Å². The van der Waals surface area contributed by atoms with Crippen LogP contribution in [0.1, 0.15) is 50.5 Å². The quantitative estimate of drug-likeness (QED) is 0.844. The summed E-state index contributed by atoms with van der Waals surface area (Å²) >= 11 is 7.16. The topological polar surface area (TPSA) is 71.1 Å². The molecule has 0 aliphatic rings. The van der Waals surface area contributed by atoms with E-state index in [1.54, 1.807) is 25.1 Å². The number of hydrogen-bond acceptors (Lipinski definition) is 4. The van der Waals surface area contributed by atoms with Gasteiger partial charge in [0.05, 0.1) is 10.7 Å². The van der Waals surface area contributed by atoms with E-state index in [1.165, 1.54) is 17.4 Å². The molecule has 1 heterocycles. The molecular formula is C15H16ClN3O2S. The molecule has 0 saturated carbocycles. The first-order chi connectivity index (χ1) is 10.4. The Labute approximate surface area is 137 Å². The average molecular weight is 338 g/mol. The van der Waals surface area contributed by atoms with Crippen LogP contribution in [0.5, 0.6) is 0 Å². The molecule has 0 saturated heterocycles. The highest BCUT2D eigenvalue weighted by molar-refractivity contribution is 7.13. The maximum absolute atomic E-state index is 12.1. The number of thiazole rings is 1. The number of carbonyl (C=O) groups excluding carboxylic acids is 2. The van der Waals surface area contributed by atoms with Crippen LogP contribution in [0.3, 0.4) is 0 Å². The number of aromatic nitrogens is 1. The Morgan fingerprint density at radius 3 is 2.50 bits per heavy atom. The van der Waals surface area contributed by atoms with E-state index in [4.69, 9.17) is 11.6 Å². The van der Waals surface area contributed by atoms with Crippen molar-refractivity contribution in [2.24, 2.45) is 0 Å². The number of benzene rings is 1. The number of amides is 2. The molecule has 116 valence electrons. The maximum atomic E-state index is 12.1. The van der Waals surface area contributed by atoms with E-state index in [-0.39, 0.29) is 11.8 Å². The lowest BCUT2D eigenvalue weighted by atomic mass is 10.2. The van der Waals surface area contributed by atoms with E-state index in [9.17, 15) is 9.59 Å². The fourth-order valence-corrected chi connectivity index (χ4v) is 2.90. The van der Waals surface area contributed by atoms with Crippen LogP contribution in [-0.4, -0.2) is 16.8 Å². The van der Waals surface area contributed by atoms with Crippen LogP contribution in [0.25, 0.3) is 0 Å². The molecule has 5 nitrogen and oxygen atoms in total. The summed E-state index contributed by atoms with van der Waals surface area (Å²) in [5.74, 6) is -0.550.